The predicted octanol–water partition coefficient (Wildman–Crippen LogP) is 1.72. The lowest BCUT2D eigenvalue weighted by Crippen LogP contribution is -2.47. The molecule has 0 radical (unpaired) electrons. The van der Waals surface area contributed by atoms with E-state index in [0.717, 1.165) is 18.4 Å². The first-order valence-corrected chi connectivity index (χ1v) is 7.85. The molecule has 1 aliphatic rings. The van der Waals surface area contributed by atoms with Crippen molar-refractivity contribution in [3.63, 3.8) is 0 Å². The van der Waals surface area contributed by atoms with Gasteiger partial charge in [0.2, 0.25) is 11.8 Å². The number of likely N-dealkylation sites (tertiary alicyclic amines) is 1. The average Bonchev–Trinajstić information content (AvgIpc) is 2.49. The molecule has 1 saturated heterocycles. The van der Waals surface area contributed by atoms with E-state index in [1.165, 1.54) is 0 Å². The van der Waals surface area contributed by atoms with Crippen LogP contribution in [0.2, 0.25) is 0 Å². The number of carbonyl (C=O) groups excluding carboxylic acids is 2. The molecular weight excluding hydrogens is 296 g/mol. The number of amides is 2. The molecule has 2 amide bonds. The zero-order valence-electron chi connectivity index (χ0n) is 13.2. The first kappa shape index (κ1) is 17.0. The molecule has 6 nitrogen and oxygen atoms in total. The van der Waals surface area contributed by atoms with Gasteiger partial charge in [-0.2, -0.15) is 0 Å². The summed E-state index contributed by atoms with van der Waals surface area (Å²) in [7, 11) is 0. The number of benzene rings is 1. The number of nitrogens with one attached hydrogen (secondary N) is 1. The monoisotopic (exact) mass is 318 g/mol. The second kappa shape index (κ2) is 7.76. The maximum atomic E-state index is 12.7. The van der Waals surface area contributed by atoms with E-state index < -0.39 is 18.1 Å². The maximum Gasteiger partial charge on any atom is 0.305 e. The van der Waals surface area contributed by atoms with Crippen LogP contribution in [-0.4, -0.2) is 40.4 Å². The molecular formula is C17H22N2O4. The third kappa shape index (κ3) is 4.55. The van der Waals surface area contributed by atoms with Gasteiger partial charge < -0.3 is 15.3 Å². The number of carboxylic acid groups (broad SMARTS) is 1. The molecule has 0 saturated carbocycles. The summed E-state index contributed by atoms with van der Waals surface area (Å²) in [5.74, 6) is -1.34. The minimum absolute atomic E-state index is 0.0360. The Morgan fingerprint density at radius 3 is 2.57 bits per heavy atom. The SMILES string of the molecule is CC(CC(=O)O)NC(=O)C(c1ccccc1)N1CCCCC1=O. The second-order valence-corrected chi connectivity index (χ2v) is 5.86. The van der Waals surface area contributed by atoms with E-state index >= 15 is 0 Å². The summed E-state index contributed by atoms with van der Waals surface area (Å²) in [6.45, 7) is 2.19. The summed E-state index contributed by atoms with van der Waals surface area (Å²) in [6, 6.07) is 7.92. The number of carbonyl (C=O) groups is 3. The molecule has 2 atom stereocenters. The molecule has 0 aliphatic carbocycles. The molecule has 0 spiro atoms. The van der Waals surface area contributed by atoms with Gasteiger partial charge in [0, 0.05) is 19.0 Å². The van der Waals surface area contributed by atoms with Crippen LogP contribution in [0.3, 0.4) is 0 Å². The smallest absolute Gasteiger partial charge is 0.305 e. The minimum atomic E-state index is -0.969. The van der Waals surface area contributed by atoms with E-state index in [2.05, 4.69) is 5.32 Å². The molecule has 2 N–H and O–H groups in total. The molecule has 6 heteroatoms. The van der Waals surface area contributed by atoms with Crippen molar-refractivity contribution in [2.24, 2.45) is 0 Å². The third-order valence-electron chi connectivity index (χ3n) is 3.90. The Morgan fingerprint density at radius 2 is 1.96 bits per heavy atom. The summed E-state index contributed by atoms with van der Waals surface area (Å²) in [5.41, 5.74) is 0.739. The summed E-state index contributed by atoms with van der Waals surface area (Å²) in [6.07, 6.45) is 2.00. The highest BCUT2D eigenvalue weighted by Crippen LogP contribution is 2.26. The quantitative estimate of drug-likeness (QED) is 0.836. The number of carboxylic acids is 1. The van der Waals surface area contributed by atoms with Crippen molar-refractivity contribution in [3.05, 3.63) is 35.9 Å². The number of aliphatic carboxylic acids is 1. The molecule has 1 aromatic carbocycles. The van der Waals surface area contributed by atoms with Crippen LogP contribution in [-0.2, 0) is 14.4 Å². The lowest BCUT2D eigenvalue weighted by atomic mass is 10.00. The number of hydrogen-bond acceptors (Lipinski definition) is 3. The molecule has 0 bridgehead atoms. The maximum absolute atomic E-state index is 12.7. The van der Waals surface area contributed by atoms with Crippen LogP contribution < -0.4 is 5.32 Å². The van der Waals surface area contributed by atoms with E-state index in [1.807, 2.05) is 30.3 Å². The van der Waals surface area contributed by atoms with Gasteiger partial charge in [0.25, 0.3) is 0 Å². The molecule has 1 fully saturated rings. The van der Waals surface area contributed by atoms with Crippen LogP contribution in [0.25, 0.3) is 0 Å². The van der Waals surface area contributed by atoms with Gasteiger partial charge in [-0.3, -0.25) is 14.4 Å². The highest BCUT2D eigenvalue weighted by molar-refractivity contribution is 5.89. The van der Waals surface area contributed by atoms with Crippen molar-refractivity contribution in [3.8, 4) is 0 Å². The van der Waals surface area contributed by atoms with Gasteiger partial charge >= 0.3 is 5.97 Å². The number of hydrogen-bond donors (Lipinski definition) is 2. The van der Waals surface area contributed by atoms with Gasteiger partial charge in [-0.15, -0.1) is 0 Å². The van der Waals surface area contributed by atoms with Crippen LogP contribution in [0.15, 0.2) is 30.3 Å². The number of piperidine rings is 1. The van der Waals surface area contributed by atoms with Gasteiger partial charge in [0.05, 0.1) is 6.42 Å². The van der Waals surface area contributed by atoms with E-state index in [4.69, 9.17) is 5.11 Å². The molecule has 1 aliphatic heterocycles. The van der Waals surface area contributed by atoms with Crippen LogP contribution in [0.5, 0.6) is 0 Å². The highest BCUT2D eigenvalue weighted by Gasteiger charge is 2.33. The summed E-state index contributed by atoms with van der Waals surface area (Å²) in [4.78, 5) is 37.3. The standard InChI is InChI=1S/C17H22N2O4/c1-12(11-15(21)22)18-17(23)16(13-7-3-2-4-8-13)19-10-6-5-9-14(19)20/h2-4,7-8,12,16H,5-6,9-11H2,1H3,(H,18,23)(H,21,22). The van der Waals surface area contributed by atoms with E-state index in [0.29, 0.717) is 13.0 Å². The van der Waals surface area contributed by atoms with Crippen molar-refractivity contribution in [2.75, 3.05) is 6.54 Å². The normalized spacial score (nSPS) is 17.4. The minimum Gasteiger partial charge on any atom is -0.481 e. The highest BCUT2D eigenvalue weighted by atomic mass is 16.4. The van der Waals surface area contributed by atoms with E-state index in [9.17, 15) is 14.4 Å². The predicted molar refractivity (Wildman–Crippen MR) is 84.6 cm³/mol. The van der Waals surface area contributed by atoms with Crippen LogP contribution in [0, 0.1) is 0 Å². The fourth-order valence-corrected chi connectivity index (χ4v) is 2.84. The molecule has 1 heterocycles. The molecule has 23 heavy (non-hydrogen) atoms. The van der Waals surface area contributed by atoms with Crippen LogP contribution >= 0.6 is 0 Å². The largest absolute Gasteiger partial charge is 0.481 e. The van der Waals surface area contributed by atoms with Gasteiger partial charge in [-0.1, -0.05) is 30.3 Å². The summed E-state index contributed by atoms with van der Waals surface area (Å²) in [5, 5.41) is 11.5. The molecule has 2 unspecified atom stereocenters. The van der Waals surface area contributed by atoms with Gasteiger partial charge in [-0.25, -0.2) is 0 Å². The Balaban J connectivity index is 2.21. The molecule has 2 rings (SSSR count). The van der Waals surface area contributed by atoms with Gasteiger partial charge in [0.15, 0.2) is 0 Å². The zero-order chi connectivity index (χ0) is 16.8. The lowest BCUT2D eigenvalue weighted by Gasteiger charge is -2.34. The number of nitrogens with zero attached hydrogens (tertiary/aromatic N) is 1. The number of rotatable bonds is 6. The second-order valence-electron chi connectivity index (χ2n) is 5.86. The van der Waals surface area contributed by atoms with E-state index in [-0.39, 0.29) is 18.2 Å². The Kier molecular flexibility index (Phi) is 5.73. The molecule has 0 aromatic heterocycles. The lowest BCUT2D eigenvalue weighted by molar-refractivity contribution is -0.143. The fraction of sp³-hybridized carbons (Fsp3) is 0.471. The Bertz CT molecular complexity index is 573. The average molecular weight is 318 g/mol. The Hall–Kier alpha value is -2.37. The Morgan fingerprint density at radius 1 is 1.26 bits per heavy atom. The topological polar surface area (TPSA) is 86.7 Å². The third-order valence-corrected chi connectivity index (χ3v) is 3.90. The zero-order valence-corrected chi connectivity index (χ0v) is 13.2. The van der Waals surface area contributed by atoms with Crippen molar-refractivity contribution in [2.45, 2.75) is 44.7 Å². The molecule has 124 valence electrons. The van der Waals surface area contributed by atoms with Crippen molar-refractivity contribution in [1.29, 1.82) is 0 Å². The summed E-state index contributed by atoms with van der Waals surface area (Å²) >= 11 is 0. The van der Waals surface area contributed by atoms with Crippen molar-refractivity contribution < 1.29 is 19.5 Å². The first-order chi connectivity index (χ1) is 11.0. The van der Waals surface area contributed by atoms with Crippen molar-refractivity contribution >= 4 is 17.8 Å². The first-order valence-electron chi connectivity index (χ1n) is 7.85. The van der Waals surface area contributed by atoms with Gasteiger partial charge in [0.1, 0.15) is 6.04 Å². The summed E-state index contributed by atoms with van der Waals surface area (Å²) < 4.78 is 0. The fourth-order valence-electron chi connectivity index (χ4n) is 2.84. The van der Waals surface area contributed by atoms with Crippen molar-refractivity contribution in [1.82, 2.24) is 10.2 Å². The van der Waals surface area contributed by atoms with Crippen LogP contribution in [0.1, 0.15) is 44.2 Å². The van der Waals surface area contributed by atoms with Gasteiger partial charge in [-0.05, 0) is 25.3 Å². The van der Waals surface area contributed by atoms with Crippen LogP contribution in [0.4, 0.5) is 0 Å². The Labute approximate surface area is 135 Å². The van der Waals surface area contributed by atoms with E-state index in [1.54, 1.807) is 11.8 Å². The molecule has 1 aromatic rings.